The van der Waals surface area contributed by atoms with Crippen LogP contribution >= 0.6 is 0 Å². The molecular formula is C14H16N2. The minimum Gasteiger partial charge on any atom is -0.327 e. The van der Waals surface area contributed by atoms with Gasteiger partial charge in [0, 0.05) is 23.0 Å². The van der Waals surface area contributed by atoms with Crippen LogP contribution in [0.3, 0.4) is 0 Å². The van der Waals surface area contributed by atoms with Gasteiger partial charge in [0.2, 0.25) is 0 Å². The molecule has 2 aromatic rings. The molecule has 4 rings (SSSR count). The van der Waals surface area contributed by atoms with E-state index in [0.29, 0.717) is 5.92 Å². The molecule has 0 spiro atoms. The van der Waals surface area contributed by atoms with E-state index in [2.05, 4.69) is 31.2 Å². The predicted octanol–water partition coefficient (Wildman–Crippen LogP) is 2.59. The summed E-state index contributed by atoms with van der Waals surface area (Å²) in [5, 5.41) is 1.30. The van der Waals surface area contributed by atoms with E-state index in [0.717, 1.165) is 17.6 Å². The van der Waals surface area contributed by atoms with Gasteiger partial charge in [0.15, 0.2) is 0 Å². The lowest BCUT2D eigenvalue weighted by Crippen LogP contribution is -2.23. The van der Waals surface area contributed by atoms with Crippen molar-refractivity contribution >= 4 is 10.9 Å². The zero-order valence-corrected chi connectivity index (χ0v) is 9.70. The quantitative estimate of drug-likeness (QED) is 0.709. The standard InChI is InChI=1S/C14H16N2/c1-8(9(2)15)13-4-3-12-11-5-10(6-11)7-14(12)16-13/h3-5,7-9H,6,15H2,1-2H3. The summed E-state index contributed by atoms with van der Waals surface area (Å²) in [6.45, 7) is 4.17. The first-order valence-electron chi connectivity index (χ1n) is 5.83. The molecule has 16 heavy (non-hydrogen) atoms. The molecule has 0 amide bonds. The average molecular weight is 212 g/mol. The Morgan fingerprint density at radius 1 is 1.25 bits per heavy atom. The molecule has 1 heterocycles. The highest BCUT2D eigenvalue weighted by molar-refractivity contribution is 5.86. The second-order valence-electron chi connectivity index (χ2n) is 4.88. The minimum absolute atomic E-state index is 0.149. The molecule has 2 aliphatic rings. The van der Waals surface area contributed by atoms with Crippen LogP contribution in [0, 0.1) is 0 Å². The Labute approximate surface area is 95.5 Å². The number of pyridine rings is 1. The second-order valence-corrected chi connectivity index (χ2v) is 4.88. The van der Waals surface area contributed by atoms with E-state index in [1.54, 1.807) is 0 Å². The van der Waals surface area contributed by atoms with Crippen molar-refractivity contribution in [1.82, 2.24) is 4.98 Å². The maximum Gasteiger partial charge on any atom is 0.0711 e. The normalized spacial score (nSPS) is 16.9. The molecule has 0 saturated carbocycles. The Morgan fingerprint density at radius 3 is 2.69 bits per heavy atom. The van der Waals surface area contributed by atoms with E-state index in [-0.39, 0.29) is 6.04 Å². The summed E-state index contributed by atoms with van der Waals surface area (Å²) >= 11 is 0. The highest BCUT2D eigenvalue weighted by Crippen LogP contribution is 2.31. The zero-order valence-electron chi connectivity index (χ0n) is 9.70. The molecule has 82 valence electrons. The van der Waals surface area contributed by atoms with Gasteiger partial charge in [-0.3, -0.25) is 4.98 Å². The maximum absolute atomic E-state index is 5.91. The van der Waals surface area contributed by atoms with Gasteiger partial charge < -0.3 is 5.73 Å². The fourth-order valence-corrected chi connectivity index (χ4v) is 2.25. The van der Waals surface area contributed by atoms with E-state index in [4.69, 9.17) is 10.7 Å². The maximum atomic E-state index is 5.91. The van der Waals surface area contributed by atoms with Gasteiger partial charge in [0.05, 0.1) is 5.52 Å². The number of aromatic nitrogens is 1. The van der Waals surface area contributed by atoms with Gasteiger partial charge in [-0.15, -0.1) is 0 Å². The van der Waals surface area contributed by atoms with Crippen LogP contribution in [-0.2, 0) is 6.42 Å². The number of nitrogens with two attached hydrogens (primary N) is 1. The summed E-state index contributed by atoms with van der Waals surface area (Å²) in [4.78, 5) is 4.72. The lowest BCUT2D eigenvalue weighted by Gasteiger charge is -2.20. The van der Waals surface area contributed by atoms with Crippen molar-refractivity contribution in [3.63, 3.8) is 0 Å². The van der Waals surface area contributed by atoms with Crippen molar-refractivity contribution < 1.29 is 0 Å². The lowest BCUT2D eigenvalue weighted by molar-refractivity contribution is 0.600. The molecule has 0 saturated heterocycles. The molecule has 2 bridgehead atoms. The molecular weight excluding hydrogens is 196 g/mol. The van der Waals surface area contributed by atoms with Crippen LogP contribution in [0.2, 0.25) is 0 Å². The highest BCUT2D eigenvalue weighted by Gasteiger charge is 2.17. The van der Waals surface area contributed by atoms with E-state index < -0.39 is 0 Å². The Bertz CT molecular complexity index is 558. The number of benzene rings is 1. The van der Waals surface area contributed by atoms with Gasteiger partial charge in [-0.05, 0) is 36.6 Å². The highest BCUT2D eigenvalue weighted by atomic mass is 14.7. The van der Waals surface area contributed by atoms with Gasteiger partial charge in [-0.2, -0.15) is 0 Å². The molecule has 1 aromatic carbocycles. The lowest BCUT2D eigenvalue weighted by atomic mass is 9.88. The largest absolute Gasteiger partial charge is 0.327 e. The molecule has 0 radical (unpaired) electrons. The van der Waals surface area contributed by atoms with Gasteiger partial charge in [-0.25, -0.2) is 0 Å². The fourth-order valence-electron chi connectivity index (χ4n) is 2.25. The van der Waals surface area contributed by atoms with Gasteiger partial charge in [0.25, 0.3) is 0 Å². The summed E-state index contributed by atoms with van der Waals surface area (Å²) in [5.41, 5.74) is 11.0. The first-order chi connectivity index (χ1) is 7.65. The van der Waals surface area contributed by atoms with Crippen molar-refractivity contribution in [1.29, 1.82) is 0 Å². The molecule has 2 N–H and O–H groups in total. The zero-order chi connectivity index (χ0) is 11.3. The molecule has 2 nitrogen and oxygen atoms in total. The average Bonchev–Trinajstić information content (AvgIpc) is 2.25. The van der Waals surface area contributed by atoms with Gasteiger partial charge in [0.1, 0.15) is 0 Å². The predicted molar refractivity (Wildman–Crippen MR) is 66.6 cm³/mol. The summed E-state index contributed by atoms with van der Waals surface area (Å²) in [5.74, 6) is 0.316. The number of hydrogen-bond donors (Lipinski definition) is 1. The molecule has 2 atom stereocenters. The van der Waals surface area contributed by atoms with Gasteiger partial charge >= 0.3 is 0 Å². The fraction of sp³-hybridized carbons (Fsp3) is 0.357. The number of hydrogen-bond acceptors (Lipinski definition) is 2. The van der Waals surface area contributed by atoms with Crippen LogP contribution in [0.5, 0.6) is 0 Å². The van der Waals surface area contributed by atoms with Crippen molar-refractivity contribution in [2.75, 3.05) is 0 Å². The first-order valence-corrected chi connectivity index (χ1v) is 5.83. The Balaban J connectivity index is 2.11. The topological polar surface area (TPSA) is 38.9 Å². The molecule has 0 aliphatic heterocycles. The Morgan fingerprint density at radius 2 is 2.00 bits per heavy atom. The van der Waals surface area contributed by atoms with Crippen molar-refractivity contribution in [2.45, 2.75) is 32.2 Å². The summed E-state index contributed by atoms with van der Waals surface area (Å²) in [6.07, 6.45) is 1.12. The van der Waals surface area contributed by atoms with Crippen molar-refractivity contribution in [2.24, 2.45) is 5.73 Å². The monoisotopic (exact) mass is 212 g/mol. The first kappa shape index (κ1) is 9.79. The molecule has 2 aliphatic carbocycles. The van der Waals surface area contributed by atoms with E-state index in [9.17, 15) is 0 Å². The van der Waals surface area contributed by atoms with Crippen molar-refractivity contribution in [3.05, 3.63) is 41.1 Å². The summed E-state index contributed by atoms with van der Waals surface area (Å²) in [6, 6.07) is 8.90. The SMILES string of the molecule is CC(N)C(C)c1ccc2c3cc(cc2n1)C3. The minimum atomic E-state index is 0.149. The third-order valence-electron chi connectivity index (χ3n) is 3.62. The van der Waals surface area contributed by atoms with E-state index in [1.165, 1.54) is 16.5 Å². The third-order valence-corrected chi connectivity index (χ3v) is 3.62. The van der Waals surface area contributed by atoms with Crippen LogP contribution in [0.4, 0.5) is 0 Å². The van der Waals surface area contributed by atoms with Crippen LogP contribution in [0.15, 0.2) is 24.3 Å². The molecule has 1 aromatic heterocycles. The Hall–Kier alpha value is -1.41. The third kappa shape index (κ3) is 1.34. The summed E-state index contributed by atoms with van der Waals surface area (Å²) in [7, 11) is 0. The molecule has 2 heteroatoms. The van der Waals surface area contributed by atoms with E-state index >= 15 is 0 Å². The van der Waals surface area contributed by atoms with Crippen LogP contribution in [-0.4, -0.2) is 11.0 Å². The number of rotatable bonds is 2. The number of nitrogens with zero attached hydrogens (tertiary/aromatic N) is 1. The van der Waals surface area contributed by atoms with Crippen molar-refractivity contribution in [3.8, 4) is 0 Å². The molecule has 0 fully saturated rings. The smallest absolute Gasteiger partial charge is 0.0711 e. The van der Waals surface area contributed by atoms with Crippen LogP contribution in [0.1, 0.15) is 36.6 Å². The molecule has 2 unspecified atom stereocenters. The van der Waals surface area contributed by atoms with Crippen LogP contribution < -0.4 is 5.73 Å². The van der Waals surface area contributed by atoms with Crippen LogP contribution in [0.25, 0.3) is 10.9 Å². The second kappa shape index (κ2) is 3.29. The van der Waals surface area contributed by atoms with E-state index in [1.807, 2.05) is 6.92 Å². The van der Waals surface area contributed by atoms with Gasteiger partial charge in [-0.1, -0.05) is 19.1 Å². The Kier molecular flexibility index (Phi) is 2.01. The summed E-state index contributed by atoms with van der Waals surface area (Å²) < 4.78 is 0.